The Hall–Kier alpha value is -2.67. The van der Waals surface area contributed by atoms with E-state index in [2.05, 4.69) is 21.2 Å². The topological polar surface area (TPSA) is 109 Å². The number of primary amides is 1. The zero-order chi connectivity index (χ0) is 17.7. The predicted molar refractivity (Wildman–Crippen MR) is 91.7 cm³/mol. The number of hydrogen-bond donors (Lipinski definition) is 3. The van der Waals surface area contributed by atoms with Crippen LogP contribution in [0.15, 0.2) is 53.0 Å². The smallest absolute Gasteiger partial charge is 0.335 e. The van der Waals surface area contributed by atoms with E-state index >= 15 is 0 Å². The fraction of sp³-hybridized carbons (Fsp3) is 0.118. The number of rotatable bonds is 6. The molecule has 7 heteroatoms. The standard InChI is InChI=1S/C17H15BrN2O4/c18-13-3-1-2-12(9-13)16(22)20-14(15(19)21)8-10-4-6-11(7-5-10)17(23)24/h1-7,9,14H,8H2,(H2,19,21)(H,20,22)(H,23,24)/t14-/m0/s1. The zero-order valence-electron chi connectivity index (χ0n) is 12.5. The van der Waals surface area contributed by atoms with Gasteiger partial charge < -0.3 is 16.2 Å². The van der Waals surface area contributed by atoms with Gasteiger partial charge >= 0.3 is 5.97 Å². The molecular formula is C17H15BrN2O4. The molecule has 6 nitrogen and oxygen atoms in total. The summed E-state index contributed by atoms with van der Waals surface area (Å²) in [6.07, 6.45) is 0.176. The molecule has 4 N–H and O–H groups in total. The van der Waals surface area contributed by atoms with Gasteiger partial charge in [-0.25, -0.2) is 4.79 Å². The fourth-order valence-corrected chi connectivity index (χ4v) is 2.51. The van der Waals surface area contributed by atoms with Crippen molar-refractivity contribution in [2.75, 3.05) is 0 Å². The molecule has 1 atom stereocenters. The van der Waals surface area contributed by atoms with E-state index in [-0.39, 0.29) is 12.0 Å². The van der Waals surface area contributed by atoms with Gasteiger partial charge in [0, 0.05) is 16.5 Å². The van der Waals surface area contributed by atoms with E-state index in [0.717, 1.165) is 4.47 Å². The third-order valence-electron chi connectivity index (χ3n) is 3.38. The third kappa shape index (κ3) is 4.66. The lowest BCUT2D eigenvalue weighted by atomic mass is 10.0. The minimum atomic E-state index is -1.03. The highest BCUT2D eigenvalue weighted by Crippen LogP contribution is 2.12. The number of benzene rings is 2. The molecule has 0 heterocycles. The molecule has 0 fully saturated rings. The summed E-state index contributed by atoms with van der Waals surface area (Å²) >= 11 is 3.28. The minimum Gasteiger partial charge on any atom is -0.478 e. The first-order valence-electron chi connectivity index (χ1n) is 7.05. The monoisotopic (exact) mass is 390 g/mol. The van der Waals surface area contributed by atoms with Crippen LogP contribution in [0.4, 0.5) is 0 Å². The average Bonchev–Trinajstić information content (AvgIpc) is 2.54. The van der Waals surface area contributed by atoms with Gasteiger partial charge in [-0.15, -0.1) is 0 Å². The first kappa shape index (κ1) is 17.7. The molecule has 0 aromatic heterocycles. The second kappa shape index (κ2) is 7.74. The predicted octanol–water partition coefficient (Wildman–Crippen LogP) is 1.97. The van der Waals surface area contributed by atoms with Gasteiger partial charge in [-0.05, 0) is 35.9 Å². The lowest BCUT2D eigenvalue weighted by molar-refractivity contribution is -0.119. The largest absolute Gasteiger partial charge is 0.478 e. The van der Waals surface area contributed by atoms with Crippen molar-refractivity contribution in [3.63, 3.8) is 0 Å². The Morgan fingerprint density at radius 2 is 1.75 bits per heavy atom. The summed E-state index contributed by atoms with van der Waals surface area (Å²) in [5, 5.41) is 11.5. The number of carboxylic acid groups (broad SMARTS) is 1. The number of amides is 2. The fourth-order valence-electron chi connectivity index (χ4n) is 2.11. The lowest BCUT2D eigenvalue weighted by Gasteiger charge is -2.16. The first-order chi connectivity index (χ1) is 11.4. The van der Waals surface area contributed by atoms with Crippen LogP contribution >= 0.6 is 15.9 Å². The van der Waals surface area contributed by atoms with Crippen LogP contribution in [0.25, 0.3) is 0 Å². The molecule has 0 aliphatic heterocycles. The van der Waals surface area contributed by atoms with Gasteiger partial charge in [0.05, 0.1) is 5.56 Å². The van der Waals surface area contributed by atoms with Gasteiger partial charge in [0.1, 0.15) is 6.04 Å². The molecule has 2 amide bonds. The van der Waals surface area contributed by atoms with E-state index in [1.165, 1.54) is 12.1 Å². The highest BCUT2D eigenvalue weighted by Gasteiger charge is 2.19. The summed E-state index contributed by atoms with van der Waals surface area (Å²) in [5.74, 6) is -2.11. The molecule has 24 heavy (non-hydrogen) atoms. The SMILES string of the molecule is NC(=O)[C@H](Cc1ccc(C(=O)O)cc1)NC(=O)c1cccc(Br)c1. The minimum absolute atomic E-state index is 0.146. The molecule has 0 spiro atoms. The maximum atomic E-state index is 12.2. The van der Waals surface area contributed by atoms with Crippen molar-refractivity contribution in [3.8, 4) is 0 Å². The Morgan fingerprint density at radius 1 is 1.08 bits per heavy atom. The number of nitrogens with two attached hydrogens (primary N) is 1. The van der Waals surface area contributed by atoms with Gasteiger partial charge in [-0.3, -0.25) is 9.59 Å². The highest BCUT2D eigenvalue weighted by molar-refractivity contribution is 9.10. The van der Waals surface area contributed by atoms with Crippen molar-refractivity contribution in [1.29, 1.82) is 0 Å². The van der Waals surface area contributed by atoms with Crippen LogP contribution in [0.5, 0.6) is 0 Å². The van der Waals surface area contributed by atoms with Crippen molar-refractivity contribution in [3.05, 3.63) is 69.7 Å². The molecule has 0 bridgehead atoms. The van der Waals surface area contributed by atoms with Crippen LogP contribution in [-0.4, -0.2) is 28.9 Å². The summed E-state index contributed by atoms with van der Waals surface area (Å²) < 4.78 is 0.745. The van der Waals surface area contributed by atoms with E-state index < -0.39 is 23.8 Å². The second-order valence-electron chi connectivity index (χ2n) is 5.14. The van der Waals surface area contributed by atoms with Crippen LogP contribution in [-0.2, 0) is 11.2 Å². The lowest BCUT2D eigenvalue weighted by Crippen LogP contribution is -2.45. The molecular weight excluding hydrogens is 376 g/mol. The summed E-state index contributed by atoms with van der Waals surface area (Å²) in [6, 6.07) is 11.9. The van der Waals surface area contributed by atoms with E-state index in [0.29, 0.717) is 11.1 Å². The molecule has 0 saturated carbocycles. The van der Waals surface area contributed by atoms with Crippen LogP contribution in [0.2, 0.25) is 0 Å². The number of carboxylic acids is 1. The van der Waals surface area contributed by atoms with Crippen molar-refractivity contribution in [2.24, 2.45) is 5.73 Å². The van der Waals surface area contributed by atoms with Gasteiger partial charge in [-0.1, -0.05) is 34.1 Å². The summed E-state index contributed by atoms with van der Waals surface area (Å²) in [4.78, 5) is 34.7. The molecule has 0 unspecified atom stereocenters. The maximum Gasteiger partial charge on any atom is 0.335 e. The normalized spacial score (nSPS) is 11.5. The summed E-state index contributed by atoms with van der Waals surface area (Å²) in [7, 11) is 0. The van der Waals surface area contributed by atoms with Crippen molar-refractivity contribution in [2.45, 2.75) is 12.5 Å². The van der Waals surface area contributed by atoms with Crippen molar-refractivity contribution < 1.29 is 19.5 Å². The maximum absolute atomic E-state index is 12.2. The molecule has 0 aliphatic carbocycles. The van der Waals surface area contributed by atoms with Crippen LogP contribution < -0.4 is 11.1 Å². The molecule has 2 rings (SSSR count). The zero-order valence-corrected chi connectivity index (χ0v) is 14.1. The number of carbonyl (C=O) groups is 3. The Bertz CT molecular complexity index is 774. The van der Waals surface area contributed by atoms with Crippen LogP contribution in [0.3, 0.4) is 0 Å². The molecule has 2 aromatic rings. The summed E-state index contributed by atoms with van der Waals surface area (Å²) in [6.45, 7) is 0. The van der Waals surface area contributed by atoms with E-state index in [4.69, 9.17) is 10.8 Å². The van der Waals surface area contributed by atoms with Gasteiger partial charge in [0.2, 0.25) is 5.91 Å². The number of aromatic carboxylic acids is 1. The van der Waals surface area contributed by atoms with Crippen LogP contribution in [0.1, 0.15) is 26.3 Å². The Morgan fingerprint density at radius 3 is 2.29 bits per heavy atom. The molecule has 0 radical (unpaired) electrons. The van der Waals surface area contributed by atoms with Gasteiger partial charge in [0.25, 0.3) is 5.91 Å². The van der Waals surface area contributed by atoms with Crippen LogP contribution in [0, 0.1) is 0 Å². The molecule has 124 valence electrons. The highest BCUT2D eigenvalue weighted by atomic mass is 79.9. The molecule has 0 saturated heterocycles. The Labute approximate surface area is 146 Å². The molecule has 0 aliphatic rings. The third-order valence-corrected chi connectivity index (χ3v) is 3.87. The quantitative estimate of drug-likeness (QED) is 0.700. The van der Waals surface area contributed by atoms with Crippen molar-refractivity contribution >= 4 is 33.7 Å². The number of hydrogen-bond acceptors (Lipinski definition) is 3. The van der Waals surface area contributed by atoms with Crippen molar-refractivity contribution in [1.82, 2.24) is 5.32 Å². The Kier molecular flexibility index (Phi) is 5.70. The van der Waals surface area contributed by atoms with Gasteiger partial charge in [0.15, 0.2) is 0 Å². The number of halogens is 1. The number of carbonyl (C=O) groups excluding carboxylic acids is 2. The average molecular weight is 391 g/mol. The van der Waals surface area contributed by atoms with E-state index in [1.807, 2.05) is 0 Å². The second-order valence-corrected chi connectivity index (χ2v) is 6.06. The Balaban J connectivity index is 2.10. The summed E-state index contributed by atoms with van der Waals surface area (Å²) in [5.41, 5.74) is 6.60. The number of nitrogens with one attached hydrogen (secondary N) is 1. The first-order valence-corrected chi connectivity index (χ1v) is 7.84. The van der Waals surface area contributed by atoms with E-state index in [1.54, 1.807) is 36.4 Å². The van der Waals surface area contributed by atoms with Gasteiger partial charge in [-0.2, -0.15) is 0 Å². The molecule has 2 aromatic carbocycles. The van der Waals surface area contributed by atoms with E-state index in [9.17, 15) is 14.4 Å².